The Morgan fingerprint density at radius 3 is 3.04 bits per heavy atom. The third-order valence-electron chi connectivity index (χ3n) is 4.49. The van der Waals surface area contributed by atoms with Gasteiger partial charge < -0.3 is 19.7 Å². The first kappa shape index (κ1) is 16.9. The van der Waals surface area contributed by atoms with Gasteiger partial charge in [0.1, 0.15) is 5.82 Å². The number of rotatable bonds is 4. The van der Waals surface area contributed by atoms with Crippen LogP contribution in [-0.2, 0) is 9.47 Å². The van der Waals surface area contributed by atoms with Crippen molar-refractivity contribution in [3.05, 3.63) is 12.3 Å². The summed E-state index contributed by atoms with van der Waals surface area (Å²) in [4.78, 5) is 11.0. The lowest BCUT2D eigenvalue weighted by atomic mass is 9.94. The summed E-state index contributed by atoms with van der Waals surface area (Å²) < 4.78 is 11.3. The molecule has 3 rings (SSSR count). The molecule has 7 nitrogen and oxygen atoms in total. The summed E-state index contributed by atoms with van der Waals surface area (Å²) in [7, 11) is 0. The number of morpholine rings is 1. The van der Waals surface area contributed by atoms with Crippen LogP contribution >= 0.6 is 0 Å². The minimum atomic E-state index is -0.420. The van der Waals surface area contributed by atoms with Gasteiger partial charge in [0.25, 0.3) is 0 Å². The summed E-state index contributed by atoms with van der Waals surface area (Å²) >= 11 is 0. The van der Waals surface area contributed by atoms with Crippen LogP contribution in [0.25, 0.3) is 0 Å². The monoisotopic (exact) mass is 331 g/mol. The van der Waals surface area contributed by atoms with Crippen molar-refractivity contribution in [1.82, 2.24) is 9.97 Å². The second-order valence-corrected chi connectivity index (χ2v) is 6.65. The predicted molar refractivity (Wildman–Crippen MR) is 90.8 cm³/mol. The molecule has 3 atom stereocenters. The van der Waals surface area contributed by atoms with Gasteiger partial charge >= 0.3 is 0 Å². The third kappa shape index (κ3) is 3.94. The van der Waals surface area contributed by atoms with E-state index in [4.69, 9.17) is 14.7 Å². The van der Waals surface area contributed by atoms with Gasteiger partial charge in [-0.25, -0.2) is 4.98 Å². The van der Waals surface area contributed by atoms with Crippen LogP contribution in [0, 0.1) is 17.2 Å². The van der Waals surface area contributed by atoms with Crippen LogP contribution in [0.2, 0.25) is 0 Å². The number of hydrogen-bond acceptors (Lipinski definition) is 7. The van der Waals surface area contributed by atoms with Gasteiger partial charge in [0, 0.05) is 19.3 Å². The van der Waals surface area contributed by atoms with Gasteiger partial charge in [-0.05, 0) is 24.8 Å². The van der Waals surface area contributed by atoms with Crippen molar-refractivity contribution >= 4 is 11.8 Å². The van der Waals surface area contributed by atoms with Gasteiger partial charge in [0.15, 0.2) is 6.10 Å². The minimum Gasteiger partial charge on any atom is -0.376 e. The van der Waals surface area contributed by atoms with Gasteiger partial charge in [-0.3, -0.25) is 0 Å². The summed E-state index contributed by atoms with van der Waals surface area (Å²) in [5, 5.41) is 12.6. The highest BCUT2D eigenvalue weighted by atomic mass is 16.5. The van der Waals surface area contributed by atoms with Gasteiger partial charge in [-0.1, -0.05) is 13.8 Å². The molecule has 0 unspecified atom stereocenters. The van der Waals surface area contributed by atoms with Crippen molar-refractivity contribution < 1.29 is 9.47 Å². The van der Waals surface area contributed by atoms with Crippen LogP contribution in [0.3, 0.4) is 0 Å². The second kappa shape index (κ2) is 7.77. The van der Waals surface area contributed by atoms with Crippen molar-refractivity contribution in [3.63, 3.8) is 0 Å². The van der Waals surface area contributed by atoms with Crippen molar-refractivity contribution in [2.45, 2.75) is 44.9 Å². The zero-order valence-electron chi connectivity index (χ0n) is 14.3. The zero-order chi connectivity index (χ0) is 16.9. The van der Waals surface area contributed by atoms with Crippen molar-refractivity contribution in [2.24, 2.45) is 5.92 Å². The van der Waals surface area contributed by atoms with Crippen molar-refractivity contribution in [2.75, 3.05) is 36.5 Å². The summed E-state index contributed by atoms with van der Waals surface area (Å²) in [6.07, 6.45) is 3.68. The number of nitrogens with zero attached hydrogens (tertiary/aromatic N) is 4. The van der Waals surface area contributed by atoms with Gasteiger partial charge in [-0.2, -0.15) is 10.2 Å². The van der Waals surface area contributed by atoms with E-state index in [9.17, 15) is 0 Å². The molecule has 0 amide bonds. The molecule has 3 heterocycles. The molecule has 7 heteroatoms. The van der Waals surface area contributed by atoms with Gasteiger partial charge in [0.05, 0.1) is 31.4 Å². The average molecular weight is 331 g/mol. The van der Waals surface area contributed by atoms with Gasteiger partial charge in [0.2, 0.25) is 5.95 Å². The second-order valence-electron chi connectivity index (χ2n) is 6.65. The lowest BCUT2D eigenvalue weighted by Gasteiger charge is -2.35. The van der Waals surface area contributed by atoms with E-state index in [0.717, 1.165) is 25.3 Å². The molecule has 1 aromatic heterocycles. The topological polar surface area (TPSA) is 83.3 Å². The van der Waals surface area contributed by atoms with E-state index in [0.29, 0.717) is 31.6 Å². The molecule has 0 bridgehead atoms. The number of hydrogen-bond donors (Lipinski definition) is 1. The molecule has 1 N–H and O–H groups in total. The summed E-state index contributed by atoms with van der Waals surface area (Å²) in [6.45, 7) is 6.92. The van der Waals surface area contributed by atoms with E-state index < -0.39 is 6.10 Å². The maximum absolute atomic E-state index is 9.04. The summed E-state index contributed by atoms with van der Waals surface area (Å²) in [6, 6.07) is 4.30. The smallest absolute Gasteiger partial charge is 0.227 e. The molecule has 2 saturated heterocycles. The molecule has 0 saturated carbocycles. The van der Waals surface area contributed by atoms with Crippen LogP contribution in [0.15, 0.2) is 12.3 Å². The Labute approximate surface area is 143 Å². The molecule has 24 heavy (non-hydrogen) atoms. The normalized spacial score (nSPS) is 27.8. The largest absolute Gasteiger partial charge is 0.376 e. The van der Waals surface area contributed by atoms with Crippen LogP contribution in [0.5, 0.6) is 0 Å². The Morgan fingerprint density at radius 1 is 1.38 bits per heavy atom. The number of nitriles is 1. The van der Waals surface area contributed by atoms with E-state index in [1.165, 1.54) is 0 Å². The number of ether oxygens (including phenoxy) is 2. The number of aromatic nitrogens is 2. The van der Waals surface area contributed by atoms with E-state index in [-0.39, 0.29) is 12.1 Å². The molecule has 2 aliphatic rings. The van der Waals surface area contributed by atoms with Crippen LogP contribution in [-0.4, -0.2) is 54.5 Å². The first-order chi connectivity index (χ1) is 11.7. The Bertz CT molecular complexity index is 589. The lowest BCUT2D eigenvalue weighted by molar-refractivity contribution is -0.0203. The predicted octanol–water partition coefficient (Wildman–Crippen LogP) is 1.82. The maximum atomic E-state index is 9.04. The van der Waals surface area contributed by atoms with Gasteiger partial charge in [-0.15, -0.1) is 0 Å². The first-order valence-electron chi connectivity index (χ1n) is 8.64. The first-order valence-corrected chi connectivity index (χ1v) is 8.64. The van der Waals surface area contributed by atoms with Crippen LogP contribution in [0.1, 0.15) is 26.7 Å². The van der Waals surface area contributed by atoms with Crippen LogP contribution in [0.4, 0.5) is 11.8 Å². The molecule has 0 spiro atoms. The average Bonchev–Trinajstić information content (AvgIpc) is 2.62. The molecule has 130 valence electrons. The Balaban J connectivity index is 1.70. The highest BCUT2D eigenvalue weighted by molar-refractivity contribution is 5.42. The molecule has 0 aliphatic carbocycles. The standard InChI is InChI=1S/C17H25N5O2/c1-12(2)16-14(4-3-8-24-16)20-15-5-6-19-17(21-15)22-7-9-23-13(10-18)11-22/h5-6,12-14,16H,3-4,7-9,11H2,1-2H3,(H,19,20,21)/t13-,14-,16-/m0/s1. The van der Waals surface area contributed by atoms with E-state index in [1.807, 2.05) is 11.0 Å². The molecular weight excluding hydrogens is 306 g/mol. The molecule has 1 aromatic rings. The SMILES string of the molecule is CC(C)[C@@H]1OCCC[C@@H]1Nc1ccnc(N2CCO[C@@H](C#N)C2)n1. The fourth-order valence-electron chi connectivity index (χ4n) is 3.29. The van der Waals surface area contributed by atoms with E-state index in [1.54, 1.807) is 6.20 Å². The summed E-state index contributed by atoms with van der Waals surface area (Å²) in [5.74, 6) is 1.90. The maximum Gasteiger partial charge on any atom is 0.227 e. The fourth-order valence-corrected chi connectivity index (χ4v) is 3.29. The molecule has 0 radical (unpaired) electrons. The lowest BCUT2D eigenvalue weighted by Crippen LogP contribution is -2.44. The summed E-state index contributed by atoms with van der Waals surface area (Å²) in [5.41, 5.74) is 0. The number of anilines is 2. The van der Waals surface area contributed by atoms with E-state index >= 15 is 0 Å². The highest BCUT2D eigenvalue weighted by Gasteiger charge is 2.29. The zero-order valence-corrected chi connectivity index (χ0v) is 14.3. The minimum absolute atomic E-state index is 0.198. The molecule has 0 aromatic carbocycles. The third-order valence-corrected chi connectivity index (χ3v) is 4.49. The molecule has 2 aliphatic heterocycles. The fraction of sp³-hybridized carbons (Fsp3) is 0.706. The number of nitrogens with one attached hydrogen (secondary N) is 1. The Hall–Kier alpha value is -1.91. The molecule has 2 fully saturated rings. The molecular formula is C17H25N5O2. The van der Waals surface area contributed by atoms with E-state index in [2.05, 4.69) is 35.2 Å². The van der Waals surface area contributed by atoms with Crippen molar-refractivity contribution in [3.8, 4) is 6.07 Å². The van der Waals surface area contributed by atoms with Crippen molar-refractivity contribution in [1.29, 1.82) is 5.26 Å². The van der Waals surface area contributed by atoms with Crippen LogP contribution < -0.4 is 10.2 Å². The highest BCUT2D eigenvalue weighted by Crippen LogP contribution is 2.24. The Morgan fingerprint density at radius 2 is 2.25 bits per heavy atom. The quantitative estimate of drug-likeness (QED) is 0.901. The Kier molecular flexibility index (Phi) is 5.48.